The number of nitrogens with one attached hydrogen (secondary N) is 1. The zero-order valence-corrected chi connectivity index (χ0v) is 17.8. The summed E-state index contributed by atoms with van der Waals surface area (Å²) < 4.78 is 1.67. The number of imidazole rings is 1. The Morgan fingerprint density at radius 3 is 2.71 bits per heavy atom. The van der Waals surface area contributed by atoms with Gasteiger partial charge in [-0.05, 0) is 30.7 Å². The second-order valence-corrected chi connectivity index (χ2v) is 8.04. The van der Waals surface area contributed by atoms with Crippen LogP contribution in [0.5, 0.6) is 0 Å². The zero-order chi connectivity index (χ0) is 22.1. The van der Waals surface area contributed by atoms with E-state index in [2.05, 4.69) is 9.97 Å². The second kappa shape index (κ2) is 8.31. The Labute approximate surface area is 180 Å². The molecule has 4 heterocycles. The Morgan fingerprint density at radius 1 is 1.19 bits per heavy atom. The number of ketones is 1. The molecule has 3 aromatic heterocycles. The lowest BCUT2D eigenvalue weighted by molar-refractivity contribution is -0.858. The van der Waals surface area contributed by atoms with Gasteiger partial charge in [0.05, 0.1) is 38.1 Å². The van der Waals surface area contributed by atoms with Gasteiger partial charge >= 0.3 is 0 Å². The van der Waals surface area contributed by atoms with Crippen LogP contribution in [-0.4, -0.2) is 58.1 Å². The first-order chi connectivity index (χ1) is 14.9. The number of carbonyl (C=O) groups excluding carboxylic acids is 2. The number of aromatic nitrogens is 3. The highest BCUT2D eigenvalue weighted by atomic mass is 16.3. The van der Waals surface area contributed by atoms with E-state index in [4.69, 9.17) is 0 Å². The van der Waals surface area contributed by atoms with Gasteiger partial charge in [-0.1, -0.05) is 17.9 Å². The molecular formula is C23H25N5O3. The van der Waals surface area contributed by atoms with E-state index in [0.717, 1.165) is 6.54 Å². The number of quaternary nitrogens is 1. The van der Waals surface area contributed by atoms with E-state index < -0.39 is 23.5 Å². The Hall–Kier alpha value is -3.52. The number of carbonyl (C=O) groups is 2. The molecule has 1 saturated heterocycles. The number of nitrogens with zero attached hydrogens (tertiary/aromatic N) is 4. The number of hydrogen-bond donors (Lipinski definition) is 1. The third kappa shape index (κ3) is 3.70. The Balaban J connectivity index is 1.86. The van der Waals surface area contributed by atoms with E-state index in [0.29, 0.717) is 35.6 Å². The lowest BCUT2D eigenvalue weighted by Crippen LogP contribution is -3.05. The highest BCUT2D eigenvalue weighted by Gasteiger charge is 2.44. The predicted octanol–water partition coefficient (Wildman–Crippen LogP) is -0.204. The zero-order valence-electron chi connectivity index (χ0n) is 17.8. The number of Topliss-reactive ketones (excluding diaryl/α,β-unsaturated/α-hetero) is 1. The van der Waals surface area contributed by atoms with Crippen LogP contribution in [0.25, 0.3) is 11.4 Å². The van der Waals surface area contributed by atoms with Crippen LogP contribution >= 0.6 is 0 Å². The van der Waals surface area contributed by atoms with Crippen LogP contribution < -0.4 is 10.0 Å². The summed E-state index contributed by atoms with van der Waals surface area (Å²) in [4.78, 5) is 37.4. The maximum atomic E-state index is 13.7. The second-order valence-electron chi connectivity index (χ2n) is 8.04. The summed E-state index contributed by atoms with van der Waals surface area (Å²) in [6, 6.07) is 8.21. The summed E-state index contributed by atoms with van der Waals surface area (Å²) in [5.41, 5.74) is 2.05. The van der Waals surface area contributed by atoms with Crippen molar-refractivity contribution in [2.75, 3.05) is 27.2 Å². The largest absolute Gasteiger partial charge is 0.871 e. The van der Waals surface area contributed by atoms with Crippen molar-refractivity contribution in [1.29, 1.82) is 0 Å². The van der Waals surface area contributed by atoms with Gasteiger partial charge in [-0.25, -0.2) is 4.98 Å². The topological polar surface area (TPSA) is 95.1 Å². The van der Waals surface area contributed by atoms with Gasteiger partial charge < -0.3 is 19.3 Å². The van der Waals surface area contributed by atoms with Crippen molar-refractivity contribution in [3.63, 3.8) is 0 Å². The van der Waals surface area contributed by atoms with Gasteiger partial charge in [-0.2, -0.15) is 0 Å². The molecule has 0 aromatic carbocycles. The summed E-state index contributed by atoms with van der Waals surface area (Å²) in [7, 11) is 4.06. The first kappa shape index (κ1) is 20.7. The van der Waals surface area contributed by atoms with E-state index >= 15 is 0 Å². The standard InChI is InChI=1S/C23H25N5O3/c1-15-19(27-12-5-4-9-17(27)25-15)21(29)18-20(16-8-6-10-24-14-16)28(23(31)22(18)30)13-7-11-26(2)3/h4-6,8-10,12,14,20,29H,7,11,13H2,1-3H3. The minimum atomic E-state index is -0.757. The number of likely N-dealkylation sites (tertiary alicyclic amines) is 1. The highest BCUT2D eigenvalue weighted by molar-refractivity contribution is 6.46. The molecule has 0 bridgehead atoms. The van der Waals surface area contributed by atoms with E-state index in [1.54, 1.807) is 54.2 Å². The van der Waals surface area contributed by atoms with Crippen LogP contribution in [0.15, 0.2) is 54.5 Å². The minimum Gasteiger partial charge on any atom is -0.871 e. The molecule has 3 aromatic rings. The maximum Gasteiger partial charge on any atom is 0.295 e. The summed E-state index contributed by atoms with van der Waals surface area (Å²) in [6.07, 6.45) is 5.68. The van der Waals surface area contributed by atoms with Crippen molar-refractivity contribution in [1.82, 2.24) is 19.3 Å². The number of hydrogen-bond acceptors (Lipinski definition) is 5. The molecule has 1 fully saturated rings. The monoisotopic (exact) mass is 419 g/mol. The molecule has 1 N–H and O–H groups in total. The van der Waals surface area contributed by atoms with Crippen LogP contribution in [0.4, 0.5) is 0 Å². The number of aryl methyl sites for hydroxylation is 1. The number of fused-ring (bicyclic) bond motifs is 1. The fourth-order valence-corrected chi connectivity index (χ4v) is 4.10. The van der Waals surface area contributed by atoms with Crippen molar-refractivity contribution < 1.29 is 19.6 Å². The van der Waals surface area contributed by atoms with Crippen molar-refractivity contribution in [2.24, 2.45) is 0 Å². The predicted molar refractivity (Wildman–Crippen MR) is 113 cm³/mol. The van der Waals surface area contributed by atoms with Crippen LogP contribution in [0.1, 0.15) is 29.4 Å². The van der Waals surface area contributed by atoms with Gasteiger partial charge in [0.15, 0.2) is 0 Å². The quantitative estimate of drug-likeness (QED) is 0.339. The Kier molecular flexibility index (Phi) is 5.56. The van der Waals surface area contributed by atoms with E-state index in [1.165, 1.54) is 9.80 Å². The minimum absolute atomic E-state index is 0.0380. The highest BCUT2D eigenvalue weighted by Crippen LogP contribution is 2.38. The third-order valence-corrected chi connectivity index (χ3v) is 5.52. The molecule has 0 radical (unpaired) electrons. The van der Waals surface area contributed by atoms with Crippen molar-refractivity contribution in [2.45, 2.75) is 19.4 Å². The van der Waals surface area contributed by atoms with E-state index in [-0.39, 0.29) is 5.57 Å². The van der Waals surface area contributed by atoms with Gasteiger partial charge in [0.1, 0.15) is 5.65 Å². The number of rotatable bonds is 6. The smallest absolute Gasteiger partial charge is 0.295 e. The Morgan fingerprint density at radius 2 is 2.00 bits per heavy atom. The van der Waals surface area contributed by atoms with Gasteiger partial charge in [0.2, 0.25) is 5.78 Å². The molecule has 1 unspecified atom stereocenters. The maximum absolute atomic E-state index is 13.7. The lowest BCUT2D eigenvalue weighted by Gasteiger charge is -2.27. The normalized spacial score (nSPS) is 18.5. The molecule has 31 heavy (non-hydrogen) atoms. The van der Waals surface area contributed by atoms with Crippen LogP contribution in [0, 0.1) is 6.92 Å². The molecule has 8 heteroatoms. The van der Waals surface area contributed by atoms with Crippen molar-refractivity contribution in [3.05, 3.63) is 71.4 Å². The van der Waals surface area contributed by atoms with Gasteiger partial charge in [0, 0.05) is 37.1 Å². The summed E-state index contributed by atoms with van der Waals surface area (Å²) in [5, 5.41) is 13.7. The molecule has 0 saturated carbocycles. The molecule has 1 atom stereocenters. The van der Waals surface area contributed by atoms with E-state index in [1.807, 2.05) is 20.2 Å². The average Bonchev–Trinajstić information content (AvgIpc) is 3.22. The first-order valence-corrected chi connectivity index (χ1v) is 10.3. The third-order valence-electron chi connectivity index (χ3n) is 5.52. The molecule has 0 aliphatic carbocycles. The van der Waals surface area contributed by atoms with Crippen LogP contribution in [0.2, 0.25) is 0 Å². The average molecular weight is 419 g/mol. The van der Waals surface area contributed by atoms with Gasteiger partial charge in [-0.15, -0.1) is 0 Å². The van der Waals surface area contributed by atoms with Crippen LogP contribution in [-0.2, 0) is 9.59 Å². The molecule has 1 amide bonds. The molecule has 1 aliphatic rings. The fourth-order valence-electron chi connectivity index (χ4n) is 4.10. The lowest BCUT2D eigenvalue weighted by atomic mass is 9.97. The SMILES string of the molecule is Cc1nc2ccccn2c1C([O-])=C1C(=O)C(=O)N(CCC[NH+](C)C)C1c1cccnc1. The molecule has 1 aliphatic heterocycles. The summed E-state index contributed by atoms with van der Waals surface area (Å²) in [6.45, 7) is 2.96. The number of amides is 1. The van der Waals surface area contributed by atoms with Crippen LogP contribution in [0.3, 0.4) is 0 Å². The molecular weight excluding hydrogens is 394 g/mol. The number of pyridine rings is 2. The van der Waals surface area contributed by atoms with Gasteiger partial charge in [0.25, 0.3) is 5.91 Å². The first-order valence-electron chi connectivity index (χ1n) is 10.3. The Bertz CT molecular complexity index is 1170. The molecule has 4 rings (SSSR count). The summed E-state index contributed by atoms with van der Waals surface area (Å²) in [5.74, 6) is -1.86. The van der Waals surface area contributed by atoms with E-state index in [9.17, 15) is 14.7 Å². The molecule has 0 spiro atoms. The van der Waals surface area contributed by atoms with Crippen molar-refractivity contribution >= 4 is 23.1 Å². The van der Waals surface area contributed by atoms with Gasteiger partial charge in [-0.3, -0.25) is 14.6 Å². The summed E-state index contributed by atoms with van der Waals surface area (Å²) >= 11 is 0. The molecule has 8 nitrogen and oxygen atoms in total. The fraction of sp³-hybridized carbons (Fsp3) is 0.304. The molecule has 160 valence electrons. The van der Waals surface area contributed by atoms with Crippen molar-refractivity contribution in [3.8, 4) is 0 Å².